The normalized spacial score (nSPS) is 17.9. The number of rotatable bonds is 4. The Balaban J connectivity index is 1.58. The van der Waals surface area contributed by atoms with Gasteiger partial charge in [-0.2, -0.15) is 5.10 Å². The average Bonchev–Trinajstić information content (AvgIpc) is 2.70. The average molecular weight is 386 g/mol. The van der Waals surface area contributed by atoms with Crippen molar-refractivity contribution in [2.75, 3.05) is 25.5 Å². The number of carbonyl (C=O) groups is 4. The van der Waals surface area contributed by atoms with Gasteiger partial charge < -0.3 is 15.3 Å². The number of nitrogens with one attached hydrogen (secondary N) is 1. The third kappa shape index (κ3) is 4.36. The lowest BCUT2D eigenvalue weighted by Gasteiger charge is -2.30. The first-order valence-corrected chi connectivity index (χ1v) is 9.12. The van der Waals surface area contributed by atoms with Crippen LogP contribution in [0, 0.1) is 5.92 Å². The summed E-state index contributed by atoms with van der Waals surface area (Å²) in [7, 11) is 1.51. The first kappa shape index (κ1) is 19.5. The molecule has 3 amide bonds. The molecule has 2 N–H and O–H groups in total. The number of anilines is 1. The van der Waals surface area contributed by atoms with Gasteiger partial charge in [-0.05, 0) is 37.1 Å². The summed E-state index contributed by atoms with van der Waals surface area (Å²) in [5.74, 6) is -1.87. The van der Waals surface area contributed by atoms with E-state index in [2.05, 4.69) is 10.4 Å². The van der Waals surface area contributed by atoms with Crippen molar-refractivity contribution in [2.45, 2.75) is 25.7 Å². The van der Waals surface area contributed by atoms with Gasteiger partial charge in [-0.3, -0.25) is 19.2 Å². The molecule has 2 aliphatic rings. The smallest absolute Gasteiger partial charge is 0.306 e. The molecule has 1 fully saturated rings. The minimum Gasteiger partial charge on any atom is -0.481 e. The molecule has 3 rings (SSSR count). The molecule has 1 aromatic carbocycles. The van der Waals surface area contributed by atoms with Crippen molar-refractivity contribution < 1.29 is 24.3 Å². The summed E-state index contributed by atoms with van der Waals surface area (Å²) in [5, 5.41) is 16.9. The Morgan fingerprint density at radius 3 is 2.32 bits per heavy atom. The minimum atomic E-state index is -0.815. The molecule has 28 heavy (non-hydrogen) atoms. The zero-order valence-electron chi connectivity index (χ0n) is 15.6. The Kier molecular flexibility index (Phi) is 5.72. The van der Waals surface area contributed by atoms with E-state index in [-0.39, 0.29) is 36.3 Å². The van der Waals surface area contributed by atoms with E-state index in [1.807, 2.05) is 0 Å². The van der Waals surface area contributed by atoms with Crippen LogP contribution in [0.5, 0.6) is 0 Å². The summed E-state index contributed by atoms with van der Waals surface area (Å²) in [6.45, 7) is 0.834. The van der Waals surface area contributed by atoms with Crippen molar-refractivity contribution in [3.05, 3.63) is 29.8 Å². The number of piperidine rings is 1. The number of amides is 3. The molecule has 1 saturated heterocycles. The number of carboxylic acid groups (broad SMARTS) is 1. The molecule has 0 bridgehead atoms. The zero-order valence-corrected chi connectivity index (χ0v) is 15.6. The van der Waals surface area contributed by atoms with Gasteiger partial charge in [-0.25, -0.2) is 5.01 Å². The topological polar surface area (TPSA) is 119 Å². The standard InChI is InChI=1S/C19H22N4O5/c1-22-16(24)7-6-15(21-22)17(25)20-14-4-2-12(3-5-14)18(26)23-10-8-13(9-11-23)19(27)28/h2-5,13H,6-11H2,1H3,(H,20,25)(H,27,28). The number of benzene rings is 1. The van der Waals surface area contributed by atoms with E-state index in [9.17, 15) is 19.2 Å². The van der Waals surface area contributed by atoms with Gasteiger partial charge >= 0.3 is 5.97 Å². The number of hydrogen-bond donors (Lipinski definition) is 2. The maximum absolute atomic E-state index is 12.6. The number of aliphatic carboxylic acids is 1. The second-order valence-corrected chi connectivity index (χ2v) is 6.90. The Morgan fingerprint density at radius 2 is 1.75 bits per heavy atom. The molecule has 148 valence electrons. The van der Waals surface area contributed by atoms with Gasteiger partial charge in [0.25, 0.3) is 11.8 Å². The summed E-state index contributed by atoms with van der Waals surface area (Å²) in [6.07, 6.45) is 1.44. The van der Waals surface area contributed by atoms with Crippen LogP contribution in [0.4, 0.5) is 5.69 Å². The lowest BCUT2D eigenvalue weighted by atomic mass is 9.96. The Bertz CT molecular complexity index is 825. The second-order valence-electron chi connectivity index (χ2n) is 6.90. The van der Waals surface area contributed by atoms with Crippen molar-refractivity contribution in [2.24, 2.45) is 11.0 Å². The van der Waals surface area contributed by atoms with Gasteiger partial charge in [0, 0.05) is 44.2 Å². The minimum absolute atomic E-state index is 0.133. The molecule has 2 heterocycles. The van der Waals surface area contributed by atoms with Gasteiger partial charge in [-0.1, -0.05) is 0 Å². The number of carbonyl (C=O) groups excluding carboxylic acids is 3. The fourth-order valence-corrected chi connectivity index (χ4v) is 3.24. The molecule has 2 aliphatic heterocycles. The van der Waals surface area contributed by atoms with Crippen molar-refractivity contribution >= 4 is 35.1 Å². The van der Waals surface area contributed by atoms with Crippen LogP contribution in [0.2, 0.25) is 0 Å². The molecule has 0 unspecified atom stereocenters. The van der Waals surface area contributed by atoms with Crippen LogP contribution in [-0.4, -0.2) is 64.6 Å². The molecule has 0 spiro atoms. The maximum atomic E-state index is 12.6. The lowest BCUT2D eigenvalue weighted by Crippen LogP contribution is -2.40. The van der Waals surface area contributed by atoms with Crippen LogP contribution in [0.25, 0.3) is 0 Å². The first-order chi connectivity index (χ1) is 13.3. The maximum Gasteiger partial charge on any atom is 0.306 e. The SMILES string of the molecule is CN1N=C(C(=O)Nc2ccc(C(=O)N3CCC(C(=O)O)CC3)cc2)CCC1=O. The lowest BCUT2D eigenvalue weighted by molar-refractivity contribution is -0.143. The Hall–Kier alpha value is -3.23. The number of hydrazone groups is 1. The number of carboxylic acids is 1. The monoisotopic (exact) mass is 386 g/mol. The summed E-state index contributed by atoms with van der Waals surface area (Å²) >= 11 is 0. The summed E-state index contributed by atoms with van der Waals surface area (Å²) in [4.78, 5) is 48.9. The Morgan fingerprint density at radius 1 is 1.11 bits per heavy atom. The number of likely N-dealkylation sites (tertiary alicyclic amines) is 1. The number of hydrogen-bond acceptors (Lipinski definition) is 5. The van der Waals surface area contributed by atoms with Gasteiger partial charge in [0.2, 0.25) is 5.91 Å². The van der Waals surface area contributed by atoms with Gasteiger partial charge in [-0.15, -0.1) is 0 Å². The summed E-state index contributed by atoms with van der Waals surface area (Å²) in [6, 6.07) is 6.51. The van der Waals surface area contributed by atoms with Crippen LogP contribution < -0.4 is 5.32 Å². The van der Waals surface area contributed by atoms with E-state index in [1.165, 1.54) is 7.05 Å². The molecule has 0 saturated carbocycles. The largest absolute Gasteiger partial charge is 0.481 e. The quantitative estimate of drug-likeness (QED) is 0.805. The molecule has 0 aliphatic carbocycles. The van der Waals surface area contributed by atoms with Crippen molar-refractivity contribution in [1.29, 1.82) is 0 Å². The third-order valence-electron chi connectivity index (χ3n) is 4.99. The fourth-order valence-electron chi connectivity index (χ4n) is 3.24. The molecule has 0 aromatic heterocycles. The predicted octanol–water partition coefficient (Wildman–Crippen LogP) is 1.17. The summed E-state index contributed by atoms with van der Waals surface area (Å²) in [5.41, 5.74) is 1.28. The molecular weight excluding hydrogens is 364 g/mol. The van der Waals surface area contributed by atoms with Gasteiger partial charge in [0.15, 0.2) is 0 Å². The van der Waals surface area contributed by atoms with Gasteiger partial charge in [0.1, 0.15) is 5.71 Å². The van der Waals surface area contributed by atoms with Crippen LogP contribution in [0.15, 0.2) is 29.4 Å². The van der Waals surface area contributed by atoms with E-state index in [4.69, 9.17) is 5.11 Å². The highest BCUT2D eigenvalue weighted by molar-refractivity contribution is 6.43. The molecule has 0 radical (unpaired) electrons. The van der Waals surface area contributed by atoms with E-state index in [0.29, 0.717) is 37.2 Å². The van der Waals surface area contributed by atoms with Gasteiger partial charge in [0.05, 0.1) is 5.92 Å². The molecular formula is C19H22N4O5. The zero-order chi connectivity index (χ0) is 20.3. The molecule has 9 heteroatoms. The highest BCUT2D eigenvalue weighted by atomic mass is 16.4. The van der Waals surface area contributed by atoms with E-state index in [1.54, 1.807) is 29.2 Å². The third-order valence-corrected chi connectivity index (χ3v) is 4.99. The second kappa shape index (κ2) is 8.20. The van der Waals surface area contributed by atoms with Crippen molar-refractivity contribution in [1.82, 2.24) is 9.91 Å². The van der Waals surface area contributed by atoms with E-state index in [0.717, 1.165) is 5.01 Å². The first-order valence-electron chi connectivity index (χ1n) is 9.12. The van der Waals surface area contributed by atoms with Crippen LogP contribution >= 0.6 is 0 Å². The summed E-state index contributed by atoms with van der Waals surface area (Å²) < 4.78 is 0. The van der Waals surface area contributed by atoms with E-state index >= 15 is 0 Å². The highest BCUT2D eigenvalue weighted by Gasteiger charge is 2.27. The molecule has 0 atom stereocenters. The predicted molar refractivity (Wildman–Crippen MR) is 101 cm³/mol. The fraction of sp³-hybridized carbons (Fsp3) is 0.421. The Labute approximate surface area is 162 Å². The van der Waals surface area contributed by atoms with Crippen molar-refractivity contribution in [3.8, 4) is 0 Å². The highest BCUT2D eigenvalue weighted by Crippen LogP contribution is 2.20. The van der Waals surface area contributed by atoms with Crippen LogP contribution in [-0.2, 0) is 14.4 Å². The molecule has 9 nitrogen and oxygen atoms in total. The molecule has 1 aromatic rings. The van der Waals surface area contributed by atoms with Crippen LogP contribution in [0.3, 0.4) is 0 Å². The van der Waals surface area contributed by atoms with Crippen LogP contribution in [0.1, 0.15) is 36.0 Å². The number of nitrogens with zero attached hydrogens (tertiary/aromatic N) is 3. The van der Waals surface area contributed by atoms with E-state index < -0.39 is 11.9 Å². The van der Waals surface area contributed by atoms with Crippen molar-refractivity contribution in [3.63, 3.8) is 0 Å².